The zero-order valence-electron chi connectivity index (χ0n) is 9.01. The highest BCUT2D eigenvalue weighted by Crippen LogP contribution is 2.15. The van der Waals surface area contributed by atoms with Crippen molar-refractivity contribution in [1.82, 2.24) is 5.32 Å². The van der Waals surface area contributed by atoms with E-state index in [2.05, 4.69) is 5.32 Å². The van der Waals surface area contributed by atoms with E-state index in [-0.39, 0.29) is 12.3 Å². The van der Waals surface area contributed by atoms with Crippen LogP contribution in [0.25, 0.3) is 0 Å². The first-order chi connectivity index (χ1) is 6.23. The maximum Gasteiger partial charge on any atom is 0.162 e. The molecule has 0 aliphatic heterocycles. The van der Waals surface area contributed by atoms with Crippen LogP contribution in [0, 0.1) is 5.41 Å². The molecule has 4 heteroatoms. The third-order valence-corrected chi connectivity index (χ3v) is 1.60. The smallest absolute Gasteiger partial charge is 0.162 e. The van der Waals surface area contributed by atoms with Crippen LogP contribution >= 0.6 is 0 Å². The fourth-order valence-corrected chi connectivity index (χ4v) is 0.676. The second-order valence-corrected chi connectivity index (χ2v) is 4.17. The molecule has 0 bridgehead atoms. The quantitative estimate of drug-likeness (QED) is 0.637. The molecule has 0 aromatic rings. The highest BCUT2D eigenvalue weighted by Gasteiger charge is 2.18. The predicted molar refractivity (Wildman–Crippen MR) is 51.2 cm³/mol. The number of carbonyl (C=O) groups excluding carboxylic acids is 2. The number of ketones is 1. The molecular weight excluding hydrogens is 182 g/mol. The van der Waals surface area contributed by atoms with Crippen LogP contribution in [0.2, 0.25) is 0 Å². The molecule has 1 N–H and O–H groups in total. The van der Waals surface area contributed by atoms with E-state index < -0.39 is 11.4 Å². The van der Waals surface area contributed by atoms with E-state index in [0.717, 1.165) is 0 Å². The number of carbonyl (C=O) groups is 2. The Kier molecular flexibility index (Phi) is 4.34. The first-order valence-electron chi connectivity index (χ1n) is 4.40. The van der Waals surface area contributed by atoms with E-state index >= 15 is 0 Å². The van der Waals surface area contributed by atoms with Gasteiger partial charge < -0.3 is 15.2 Å². The van der Waals surface area contributed by atoms with Gasteiger partial charge >= 0.3 is 0 Å². The van der Waals surface area contributed by atoms with Crippen LogP contribution in [0.5, 0.6) is 0 Å². The van der Waals surface area contributed by atoms with Crippen LogP contribution in [0.15, 0.2) is 11.8 Å². The lowest BCUT2D eigenvalue weighted by Gasteiger charge is -2.14. The summed E-state index contributed by atoms with van der Waals surface area (Å²) in [7, 11) is 0. The van der Waals surface area contributed by atoms with Gasteiger partial charge in [-0.15, -0.1) is 0 Å². The summed E-state index contributed by atoms with van der Waals surface area (Å²) >= 11 is 0. The van der Waals surface area contributed by atoms with E-state index in [1.54, 1.807) is 27.7 Å². The fraction of sp³-hybridized carbons (Fsp3) is 0.600. The third kappa shape index (κ3) is 5.35. The largest absolute Gasteiger partial charge is 0.548 e. The van der Waals surface area contributed by atoms with Crippen LogP contribution in [-0.2, 0) is 9.59 Å². The Hall–Kier alpha value is -1.32. The van der Waals surface area contributed by atoms with Crippen LogP contribution in [0.1, 0.15) is 27.7 Å². The van der Waals surface area contributed by atoms with Crippen LogP contribution in [-0.4, -0.2) is 18.3 Å². The van der Waals surface area contributed by atoms with Gasteiger partial charge in [-0.05, 0) is 6.92 Å². The van der Waals surface area contributed by atoms with Gasteiger partial charge in [0.1, 0.15) is 0 Å². The zero-order chi connectivity index (χ0) is 11.4. The van der Waals surface area contributed by atoms with Crippen LogP contribution < -0.4 is 10.4 Å². The molecule has 0 saturated carbocycles. The summed E-state index contributed by atoms with van der Waals surface area (Å²) in [6.45, 7) is 6.78. The maximum absolute atomic E-state index is 11.4. The first-order valence-corrected chi connectivity index (χ1v) is 4.40. The van der Waals surface area contributed by atoms with Gasteiger partial charge in [0.15, 0.2) is 5.78 Å². The van der Waals surface area contributed by atoms with Crippen molar-refractivity contribution in [3.63, 3.8) is 0 Å². The van der Waals surface area contributed by atoms with Crippen molar-refractivity contribution >= 4 is 11.8 Å². The zero-order valence-corrected chi connectivity index (χ0v) is 9.01. The number of hydrogen-bond acceptors (Lipinski definition) is 4. The number of aliphatic carboxylic acids is 1. The van der Waals surface area contributed by atoms with Crippen LogP contribution in [0.3, 0.4) is 0 Å². The van der Waals surface area contributed by atoms with Gasteiger partial charge in [-0.3, -0.25) is 4.79 Å². The number of hydrogen-bond donors (Lipinski definition) is 1. The minimum atomic E-state index is -1.19. The van der Waals surface area contributed by atoms with E-state index in [4.69, 9.17) is 0 Å². The van der Waals surface area contributed by atoms with Gasteiger partial charge in [0.2, 0.25) is 0 Å². The Morgan fingerprint density at radius 3 is 2.21 bits per heavy atom. The summed E-state index contributed by atoms with van der Waals surface area (Å²) in [5, 5.41) is 12.7. The molecular formula is C10H16NO3-. The molecule has 80 valence electrons. The van der Waals surface area contributed by atoms with Crippen molar-refractivity contribution in [2.75, 3.05) is 6.54 Å². The molecule has 0 amide bonds. The van der Waals surface area contributed by atoms with Gasteiger partial charge in [0.05, 0.1) is 12.5 Å². The lowest BCUT2D eigenvalue weighted by atomic mass is 9.90. The highest BCUT2D eigenvalue weighted by molar-refractivity contribution is 5.94. The summed E-state index contributed by atoms with van der Waals surface area (Å²) in [5.41, 5.74) is 0.0962. The fourth-order valence-electron chi connectivity index (χ4n) is 0.676. The third-order valence-electron chi connectivity index (χ3n) is 1.60. The van der Waals surface area contributed by atoms with Gasteiger partial charge in [0, 0.05) is 17.2 Å². The molecule has 0 aliphatic rings. The number of carboxylic acids is 1. The molecule has 0 spiro atoms. The first kappa shape index (κ1) is 12.7. The van der Waals surface area contributed by atoms with Gasteiger partial charge in [-0.25, -0.2) is 0 Å². The number of carboxylic acid groups (broad SMARTS) is 1. The van der Waals surface area contributed by atoms with Gasteiger partial charge in [0.25, 0.3) is 0 Å². The molecule has 0 radical (unpaired) electrons. The summed E-state index contributed by atoms with van der Waals surface area (Å²) < 4.78 is 0. The van der Waals surface area contributed by atoms with Crippen LogP contribution in [0.4, 0.5) is 0 Å². The van der Waals surface area contributed by atoms with Gasteiger partial charge in [-0.1, -0.05) is 20.8 Å². The molecule has 0 unspecified atom stereocenters. The van der Waals surface area contributed by atoms with Crippen molar-refractivity contribution in [2.24, 2.45) is 5.41 Å². The molecule has 0 heterocycles. The van der Waals surface area contributed by atoms with E-state index in [9.17, 15) is 14.7 Å². The van der Waals surface area contributed by atoms with Crippen molar-refractivity contribution in [3.05, 3.63) is 11.8 Å². The molecule has 14 heavy (non-hydrogen) atoms. The number of nitrogens with one attached hydrogen (secondary N) is 1. The second kappa shape index (κ2) is 4.79. The number of rotatable bonds is 4. The Balaban J connectivity index is 4.24. The molecule has 0 aromatic carbocycles. The molecule has 0 saturated heterocycles. The van der Waals surface area contributed by atoms with E-state index in [1.807, 2.05) is 0 Å². The predicted octanol–water partition coefficient (Wildman–Crippen LogP) is -0.155. The SMILES string of the molecule is CC(=CC(=O)C(C)(C)C)NCC(=O)[O-]. The Bertz CT molecular complexity index is 261. The lowest BCUT2D eigenvalue weighted by Crippen LogP contribution is -2.34. The molecule has 0 rings (SSSR count). The molecule has 0 fully saturated rings. The number of allylic oxidation sites excluding steroid dienone is 2. The standard InChI is InChI=1S/C10H17NO3/c1-7(11-6-9(13)14)5-8(12)10(2,3)4/h5,11H,6H2,1-4H3,(H,13,14)/p-1. The monoisotopic (exact) mass is 198 g/mol. The van der Waals surface area contributed by atoms with Gasteiger partial charge in [-0.2, -0.15) is 0 Å². The summed E-state index contributed by atoms with van der Waals surface area (Å²) in [6, 6.07) is 0. The molecule has 0 aliphatic carbocycles. The maximum atomic E-state index is 11.4. The summed E-state index contributed by atoms with van der Waals surface area (Å²) in [6.07, 6.45) is 1.41. The van der Waals surface area contributed by atoms with E-state index in [1.165, 1.54) is 6.08 Å². The Labute approximate surface area is 84.0 Å². The molecule has 0 aromatic heterocycles. The highest BCUT2D eigenvalue weighted by atomic mass is 16.4. The summed E-state index contributed by atoms with van der Waals surface area (Å²) in [4.78, 5) is 21.5. The average molecular weight is 198 g/mol. The minimum absolute atomic E-state index is 0.0409. The lowest BCUT2D eigenvalue weighted by molar-refractivity contribution is -0.303. The van der Waals surface area contributed by atoms with Crippen molar-refractivity contribution in [1.29, 1.82) is 0 Å². The Morgan fingerprint density at radius 2 is 1.86 bits per heavy atom. The van der Waals surface area contributed by atoms with Crippen molar-refractivity contribution in [2.45, 2.75) is 27.7 Å². The van der Waals surface area contributed by atoms with Crippen molar-refractivity contribution in [3.8, 4) is 0 Å². The average Bonchev–Trinajstić information content (AvgIpc) is 1.99. The molecule has 0 atom stereocenters. The van der Waals surface area contributed by atoms with Crippen molar-refractivity contribution < 1.29 is 14.7 Å². The molecule has 4 nitrogen and oxygen atoms in total. The topological polar surface area (TPSA) is 69.2 Å². The normalized spacial score (nSPS) is 12.4. The summed E-state index contributed by atoms with van der Waals surface area (Å²) in [5.74, 6) is -1.23. The Morgan fingerprint density at radius 1 is 1.36 bits per heavy atom. The minimum Gasteiger partial charge on any atom is -0.548 e. The van der Waals surface area contributed by atoms with E-state index in [0.29, 0.717) is 5.70 Å². The second-order valence-electron chi connectivity index (χ2n) is 4.17.